The van der Waals surface area contributed by atoms with Gasteiger partial charge in [-0.3, -0.25) is 5.41 Å². The molecule has 3 heteroatoms. The van der Waals surface area contributed by atoms with Crippen LogP contribution in [0.25, 0.3) is 0 Å². The summed E-state index contributed by atoms with van der Waals surface area (Å²) in [6, 6.07) is 18.8. The van der Waals surface area contributed by atoms with E-state index in [2.05, 4.69) is 41.8 Å². The summed E-state index contributed by atoms with van der Waals surface area (Å²) in [7, 11) is 0. The van der Waals surface area contributed by atoms with Crippen molar-refractivity contribution in [2.45, 2.75) is 51.4 Å². The summed E-state index contributed by atoms with van der Waals surface area (Å²) < 4.78 is 0. The Kier molecular flexibility index (Phi) is 8.05. The zero-order valence-electron chi connectivity index (χ0n) is 14.4. The number of hydrogen-bond acceptors (Lipinski definition) is 2. The van der Waals surface area contributed by atoms with Crippen LogP contribution < -0.4 is 11.3 Å². The number of unbranched alkanes of at least 4 members (excludes halogenated alkanes) is 5. The molecule has 0 heterocycles. The normalized spacial score (nSPS) is 10.5. The summed E-state index contributed by atoms with van der Waals surface area (Å²) in [4.78, 5) is 0. The largest absolute Gasteiger partial charge is 0.308 e. The van der Waals surface area contributed by atoms with Crippen LogP contribution in [0, 0.1) is 5.41 Å². The number of hydrogen-bond donors (Lipinski definition) is 3. The van der Waals surface area contributed by atoms with Crippen LogP contribution in [-0.2, 0) is 12.8 Å². The lowest BCUT2D eigenvalue weighted by molar-refractivity contribution is 0.593. The Labute approximate surface area is 145 Å². The minimum absolute atomic E-state index is 0.298. The molecule has 0 radical (unpaired) electrons. The Morgan fingerprint density at radius 1 is 0.750 bits per heavy atom. The first-order valence-corrected chi connectivity index (χ1v) is 8.98. The van der Waals surface area contributed by atoms with E-state index in [0.29, 0.717) is 5.84 Å². The number of aryl methyl sites for hydroxylation is 2. The third-order valence-electron chi connectivity index (χ3n) is 4.44. The molecule has 0 bridgehead atoms. The first kappa shape index (κ1) is 18.2. The molecule has 2 aromatic rings. The molecule has 0 aromatic heterocycles. The van der Waals surface area contributed by atoms with Crippen molar-refractivity contribution in [1.82, 2.24) is 5.43 Å². The quantitative estimate of drug-likeness (QED) is 0.197. The summed E-state index contributed by atoms with van der Waals surface area (Å²) in [5.74, 6) is 5.66. The van der Waals surface area contributed by atoms with E-state index in [-0.39, 0.29) is 0 Å². The highest BCUT2D eigenvalue weighted by atomic mass is 15.2. The maximum absolute atomic E-state index is 7.85. The van der Waals surface area contributed by atoms with Gasteiger partial charge >= 0.3 is 0 Å². The number of rotatable bonds is 10. The van der Waals surface area contributed by atoms with Gasteiger partial charge in [-0.1, -0.05) is 80.3 Å². The maximum atomic E-state index is 7.85. The number of amidine groups is 1. The van der Waals surface area contributed by atoms with Gasteiger partial charge in [0.1, 0.15) is 5.84 Å². The second-order valence-electron chi connectivity index (χ2n) is 6.28. The van der Waals surface area contributed by atoms with Crippen molar-refractivity contribution < 1.29 is 0 Å². The van der Waals surface area contributed by atoms with Gasteiger partial charge in [0.25, 0.3) is 0 Å². The number of hydrazine groups is 1. The average Bonchev–Trinajstić information content (AvgIpc) is 2.64. The Bertz CT molecular complexity index is 607. The van der Waals surface area contributed by atoms with Gasteiger partial charge in [-0.25, -0.2) is 5.84 Å². The van der Waals surface area contributed by atoms with E-state index in [9.17, 15) is 0 Å². The molecule has 0 saturated carbocycles. The molecule has 0 fully saturated rings. The molecule has 0 aliphatic heterocycles. The lowest BCUT2D eigenvalue weighted by Crippen LogP contribution is -2.30. The lowest BCUT2D eigenvalue weighted by atomic mass is 9.99. The van der Waals surface area contributed by atoms with Crippen LogP contribution in [0.5, 0.6) is 0 Å². The van der Waals surface area contributed by atoms with Crippen LogP contribution in [0.3, 0.4) is 0 Å². The van der Waals surface area contributed by atoms with E-state index in [1.165, 1.54) is 56.1 Å². The van der Waals surface area contributed by atoms with E-state index < -0.39 is 0 Å². The summed E-state index contributed by atoms with van der Waals surface area (Å²) >= 11 is 0. The maximum Gasteiger partial charge on any atom is 0.139 e. The standard InChI is InChI=1S/C21H29N3/c22-21(24-23)20-17-11-10-16-19(20)15-9-4-2-1-3-6-12-18-13-7-5-8-14-18/h5,7-8,10-11,13-14,16-17H,1-4,6,9,12,15,23H2,(H2,22,24). The summed E-state index contributed by atoms with van der Waals surface area (Å²) in [5.41, 5.74) is 6.02. The molecular weight excluding hydrogens is 294 g/mol. The molecular formula is C21H29N3. The summed E-state index contributed by atoms with van der Waals surface area (Å²) in [6.45, 7) is 0. The Morgan fingerprint density at radius 3 is 2.04 bits per heavy atom. The fraction of sp³-hybridized carbons (Fsp3) is 0.381. The molecule has 0 aliphatic rings. The van der Waals surface area contributed by atoms with Gasteiger partial charge < -0.3 is 5.43 Å². The van der Waals surface area contributed by atoms with Crippen LogP contribution in [0.4, 0.5) is 0 Å². The lowest BCUT2D eigenvalue weighted by Gasteiger charge is -2.10. The van der Waals surface area contributed by atoms with Crippen molar-refractivity contribution in [3.63, 3.8) is 0 Å². The van der Waals surface area contributed by atoms with Crippen molar-refractivity contribution in [2.24, 2.45) is 5.84 Å². The molecule has 0 spiro atoms. The monoisotopic (exact) mass is 323 g/mol. The van der Waals surface area contributed by atoms with Crippen LogP contribution in [0.15, 0.2) is 54.6 Å². The van der Waals surface area contributed by atoms with Gasteiger partial charge in [0.15, 0.2) is 0 Å². The van der Waals surface area contributed by atoms with Crippen LogP contribution in [-0.4, -0.2) is 5.84 Å². The minimum atomic E-state index is 0.298. The minimum Gasteiger partial charge on any atom is -0.308 e. The predicted molar refractivity (Wildman–Crippen MR) is 102 cm³/mol. The van der Waals surface area contributed by atoms with E-state index in [1.54, 1.807) is 0 Å². The van der Waals surface area contributed by atoms with Gasteiger partial charge in [-0.05, 0) is 36.8 Å². The molecule has 0 saturated heterocycles. The smallest absolute Gasteiger partial charge is 0.139 e. The highest BCUT2D eigenvalue weighted by molar-refractivity contribution is 5.97. The summed E-state index contributed by atoms with van der Waals surface area (Å²) in [6.07, 6.45) is 9.85. The van der Waals surface area contributed by atoms with Crippen molar-refractivity contribution >= 4 is 5.84 Å². The third-order valence-corrected chi connectivity index (χ3v) is 4.44. The SMILES string of the molecule is N=C(NN)c1ccccc1CCCCCCCCc1ccccc1. The molecule has 3 nitrogen and oxygen atoms in total. The van der Waals surface area contributed by atoms with E-state index in [4.69, 9.17) is 11.3 Å². The van der Waals surface area contributed by atoms with E-state index in [1.807, 2.05) is 18.2 Å². The van der Waals surface area contributed by atoms with Crippen molar-refractivity contribution in [3.05, 3.63) is 71.3 Å². The molecule has 2 rings (SSSR count). The fourth-order valence-corrected chi connectivity index (χ4v) is 3.06. The first-order valence-electron chi connectivity index (χ1n) is 8.98. The Morgan fingerprint density at radius 2 is 1.33 bits per heavy atom. The van der Waals surface area contributed by atoms with Gasteiger partial charge in [-0.2, -0.15) is 0 Å². The molecule has 0 aliphatic carbocycles. The molecule has 24 heavy (non-hydrogen) atoms. The molecule has 2 aromatic carbocycles. The summed E-state index contributed by atoms with van der Waals surface area (Å²) in [5, 5.41) is 7.85. The van der Waals surface area contributed by atoms with Crippen LogP contribution in [0.2, 0.25) is 0 Å². The average molecular weight is 323 g/mol. The molecule has 0 atom stereocenters. The molecule has 0 amide bonds. The van der Waals surface area contributed by atoms with Crippen LogP contribution >= 0.6 is 0 Å². The van der Waals surface area contributed by atoms with E-state index in [0.717, 1.165) is 12.0 Å². The van der Waals surface area contributed by atoms with E-state index >= 15 is 0 Å². The predicted octanol–water partition coefficient (Wildman–Crippen LogP) is 4.60. The zero-order valence-corrected chi connectivity index (χ0v) is 14.4. The highest BCUT2D eigenvalue weighted by Crippen LogP contribution is 2.14. The molecule has 0 unspecified atom stereocenters. The third kappa shape index (κ3) is 6.17. The Balaban J connectivity index is 1.58. The van der Waals surface area contributed by atoms with Crippen molar-refractivity contribution in [2.75, 3.05) is 0 Å². The zero-order chi connectivity index (χ0) is 17.0. The van der Waals surface area contributed by atoms with Crippen molar-refractivity contribution in [3.8, 4) is 0 Å². The van der Waals surface area contributed by atoms with Crippen LogP contribution in [0.1, 0.15) is 55.2 Å². The highest BCUT2D eigenvalue weighted by Gasteiger charge is 2.05. The number of benzene rings is 2. The van der Waals surface area contributed by atoms with Gasteiger partial charge in [0.2, 0.25) is 0 Å². The van der Waals surface area contributed by atoms with Gasteiger partial charge in [-0.15, -0.1) is 0 Å². The van der Waals surface area contributed by atoms with Crippen molar-refractivity contribution in [1.29, 1.82) is 5.41 Å². The first-order chi connectivity index (χ1) is 11.8. The fourth-order valence-electron chi connectivity index (χ4n) is 3.06. The molecule has 128 valence electrons. The Hall–Kier alpha value is -2.13. The molecule has 4 N–H and O–H groups in total. The number of nitrogens with two attached hydrogens (primary N) is 1. The second-order valence-corrected chi connectivity index (χ2v) is 6.28. The second kappa shape index (κ2) is 10.6. The number of nitrogens with one attached hydrogen (secondary N) is 2. The van der Waals surface area contributed by atoms with Gasteiger partial charge in [0, 0.05) is 5.56 Å². The van der Waals surface area contributed by atoms with Gasteiger partial charge in [0.05, 0.1) is 0 Å². The topological polar surface area (TPSA) is 61.9 Å².